The molecule has 7 heteroatoms. The van der Waals surface area contributed by atoms with Crippen LogP contribution in [0.25, 0.3) is 0 Å². The first-order valence-corrected chi connectivity index (χ1v) is 11.1. The molecule has 6 nitrogen and oxygen atoms in total. The number of likely N-dealkylation sites (tertiary alicyclic amines) is 1. The van der Waals surface area contributed by atoms with Crippen LogP contribution in [0.15, 0.2) is 46.0 Å². The number of hydrogen-bond acceptors (Lipinski definition) is 6. The summed E-state index contributed by atoms with van der Waals surface area (Å²) >= 11 is 3.63. The monoisotopic (exact) mass is 471 g/mol. The molecule has 0 N–H and O–H groups in total. The van der Waals surface area contributed by atoms with E-state index in [4.69, 9.17) is 19.3 Å². The van der Waals surface area contributed by atoms with E-state index in [0.717, 1.165) is 65.3 Å². The first-order valence-electron chi connectivity index (χ1n) is 10.3. The fourth-order valence-corrected chi connectivity index (χ4v) is 5.12. The van der Waals surface area contributed by atoms with Gasteiger partial charge in [-0.1, -0.05) is 15.9 Å². The van der Waals surface area contributed by atoms with Gasteiger partial charge in [-0.05, 0) is 43.4 Å². The van der Waals surface area contributed by atoms with E-state index in [1.165, 1.54) is 5.56 Å². The number of methoxy groups -OCH3 is 2. The second kappa shape index (κ2) is 7.46. The van der Waals surface area contributed by atoms with Gasteiger partial charge in [0.15, 0.2) is 11.5 Å². The number of hydrazone groups is 1. The summed E-state index contributed by atoms with van der Waals surface area (Å²) in [6, 6.07) is 12.5. The number of fused-ring (bicyclic) bond motifs is 4. The molecule has 0 unspecified atom stereocenters. The van der Waals surface area contributed by atoms with Gasteiger partial charge in [0.25, 0.3) is 0 Å². The van der Waals surface area contributed by atoms with Crippen molar-refractivity contribution >= 4 is 21.6 Å². The first-order chi connectivity index (χ1) is 14.5. The average Bonchev–Trinajstić information content (AvgIpc) is 3.23. The van der Waals surface area contributed by atoms with E-state index >= 15 is 0 Å². The lowest BCUT2D eigenvalue weighted by molar-refractivity contribution is -0.147. The maximum atomic E-state index is 6.67. The lowest BCUT2D eigenvalue weighted by atomic mass is 9.91. The summed E-state index contributed by atoms with van der Waals surface area (Å²) in [6.45, 7) is 1.99. The summed E-state index contributed by atoms with van der Waals surface area (Å²) in [5.74, 6) is 2.42. The Balaban J connectivity index is 1.57. The van der Waals surface area contributed by atoms with E-state index in [1.807, 2.05) is 12.1 Å². The second-order valence-corrected chi connectivity index (χ2v) is 9.13. The Hall–Kier alpha value is -2.25. The Kier molecular flexibility index (Phi) is 4.90. The molecular weight excluding hydrogens is 446 g/mol. The molecule has 3 heterocycles. The fourth-order valence-electron chi connectivity index (χ4n) is 4.74. The molecule has 0 aliphatic carbocycles. The quantitative estimate of drug-likeness (QED) is 0.662. The number of nitrogens with zero attached hydrogens (tertiary/aromatic N) is 3. The van der Waals surface area contributed by atoms with E-state index in [-0.39, 0.29) is 6.04 Å². The molecule has 0 amide bonds. The normalized spacial score (nSPS) is 22.2. The van der Waals surface area contributed by atoms with Crippen LogP contribution in [0.3, 0.4) is 0 Å². The third kappa shape index (κ3) is 3.15. The van der Waals surface area contributed by atoms with Gasteiger partial charge in [-0.3, -0.25) is 0 Å². The van der Waals surface area contributed by atoms with Gasteiger partial charge in [-0.25, -0.2) is 5.01 Å². The molecule has 0 saturated carbocycles. The first kappa shape index (κ1) is 19.7. The van der Waals surface area contributed by atoms with Gasteiger partial charge in [-0.15, -0.1) is 0 Å². The van der Waals surface area contributed by atoms with E-state index in [0.29, 0.717) is 0 Å². The Morgan fingerprint density at radius 1 is 1.07 bits per heavy atom. The predicted octanol–water partition coefficient (Wildman–Crippen LogP) is 4.43. The topological polar surface area (TPSA) is 46.5 Å². The van der Waals surface area contributed by atoms with Crippen molar-refractivity contribution in [3.05, 3.63) is 52.0 Å². The zero-order valence-corrected chi connectivity index (χ0v) is 19.1. The summed E-state index contributed by atoms with van der Waals surface area (Å²) in [5.41, 5.74) is 2.90. The summed E-state index contributed by atoms with van der Waals surface area (Å²) < 4.78 is 18.7. The van der Waals surface area contributed by atoms with Crippen molar-refractivity contribution in [2.24, 2.45) is 5.10 Å². The second-order valence-electron chi connectivity index (χ2n) is 8.21. The molecule has 1 spiro atoms. The average molecular weight is 472 g/mol. The van der Waals surface area contributed by atoms with Crippen LogP contribution in [0.4, 0.5) is 0 Å². The van der Waals surface area contributed by atoms with Gasteiger partial charge in [0.05, 0.1) is 26.0 Å². The number of rotatable bonds is 3. The minimum atomic E-state index is -0.393. The van der Waals surface area contributed by atoms with Gasteiger partial charge in [-0.2, -0.15) is 5.10 Å². The summed E-state index contributed by atoms with van der Waals surface area (Å²) in [7, 11) is 5.48. The third-order valence-corrected chi connectivity index (χ3v) is 6.94. The maximum absolute atomic E-state index is 6.67. The third-order valence-electron chi connectivity index (χ3n) is 6.44. The largest absolute Gasteiger partial charge is 0.493 e. The van der Waals surface area contributed by atoms with Crippen LogP contribution < -0.4 is 14.2 Å². The maximum Gasteiger partial charge on any atom is 0.200 e. The molecule has 30 heavy (non-hydrogen) atoms. The highest BCUT2D eigenvalue weighted by Crippen LogP contribution is 2.50. The van der Waals surface area contributed by atoms with Crippen molar-refractivity contribution in [1.29, 1.82) is 0 Å². The Morgan fingerprint density at radius 2 is 1.83 bits per heavy atom. The van der Waals surface area contributed by atoms with Crippen LogP contribution in [0, 0.1) is 0 Å². The zero-order chi connectivity index (χ0) is 20.9. The molecule has 3 aliphatic rings. The van der Waals surface area contributed by atoms with Crippen LogP contribution in [0.1, 0.15) is 36.4 Å². The number of benzene rings is 2. The van der Waals surface area contributed by atoms with Crippen LogP contribution in [-0.4, -0.2) is 55.7 Å². The Bertz CT molecular complexity index is 1000. The van der Waals surface area contributed by atoms with Gasteiger partial charge in [0.1, 0.15) is 5.75 Å². The summed E-state index contributed by atoms with van der Waals surface area (Å²) in [5, 5.41) is 7.37. The molecule has 3 aliphatic heterocycles. The zero-order valence-electron chi connectivity index (χ0n) is 17.5. The molecular formula is C23H26BrN3O3. The number of hydrogen-bond donors (Lipinski definition) is 0. The van der Waals surface area contributed by atoms with Crippen LogP contribution in [0.5, 0.6) is 17.2 Å². The molecule has 0 aromatic heterocycles. The smallest absolute Gasteiger partial charge is 0.200 e. The molecule has 1 saturated heterocycles. The van der Waals surface area contributed by atoms with Gasteiger partial charge >= 0.3 is 0 Å². The van der Waals surface area contributed by atoms with Crippen LogP contribution in [-0.2, 0) is 0 Å². The van der Waals surface area contributed by atoms with Crippen molar-refractivity contribution in [3.63, 3.8) is 0 Å². The van der Waals surface area contributed by atoms with Gasteiger partial charge < -0.3 is 19.1 Å². The predicted molar refractivity (Wildman–Crippen MR) is 120 cm³/mol. The molecule has 5 rings (SSSR count). The molecule has 1 fully saturated rings. The minimum Gasteiger partial charge on any atom is -0.493 e. The van der Waals surface area contributed by atoms with Crippen molar-refractivity contribution in [1.82, 2.24) is 9.91 Å². The van der Waals surface area contributed by atoms with E-state index in [2.05, 4.69) is 57.2 Å². The number of halogens is 1. The van der Waals surface area contributed by atoms with Crippen LogP contribution >= 0.6 is 15.9 Å². The van der Waals surface area contributed by atoms with Crippen LogP contribution in [0.2, 0.25) is 0 Å². The minimum absolute atomic E-state index is 0.165. The summed E-state index contributed by atoms with van der Waals surface area (Å²) in [4.78, 5) is 2.36. The highest BCUT2D eigenvalue weighted by Gasteiger charge is 2.51. The lowest BCUT2D eigenvalue weighted by Gasteiger charge is -2.50. The molecule has 0 radical (unpaired) electrons. The molecule has 2 aromatic carbocycles. The van der Waals surface area contributed by atoms with Crippen molar-refractivity contribution in [2.45, 2.75) is 31.0 Å². The van der Waals surface area contributed by atoms with Crippen molar-refractivity contribution in [2.75, 3.05) is 34.4 Å². The fraction of sp³-hybridized carbons (Fsp3) is 0.435. The van der Waals surface area contributed by atoms with E-state index in [1.54, 1.807) is 14.2 Å². The molecule has 0 bridgehead atoms. The van der Waals surface area contributed by atoms with Gasteiger partial charge in [0, 0.05) is 48.0 Å². The molecule has 158 valence electrons. The standard InChI is InChI=1S/C23H26BrN3O3/c1-26-10-8-23(9-11-26)27-19(17-13-16(24)5-7-20(17)30-23)14-18(25-27)15-4-6-21(28-2)22(12-15)29-3/h4-7,12-13,19H,8-11,14H2,1-3H3/t19-/m0/s1. The number of piperidine rings is 1. The SMILES string of the molecule is COc1ccc(C2=NN3[C@@H](C2)c2cc(Br)ccc2OC32CCN(C)CC2)cc1OC. The molecule has 2 aromatic rings. The molecule has 1 atom stereocenters. The highest BCUT2D eigenvalue weighted by atomic mass is 79.9. The van der Waals surface area contributed by atoms with Crippen molar-refractivity contribution in [3.8, 4) is 17.2 Å². The lowest BCUT2D eigenvalue weighted by Crippen LogP contribution is -2.58. The van der Waals surface area contributed by atoms with E-state index < -0.39 is 5.72 Å². The summed E-state index contributed by atoms with van der Waals surface area (Å²) in [6.07, 6.45) is 2.69. The van der Waals surface area contributed by atoms with E-state index in [9.17, 15) is 0 Å². The number of ether oxygens (including phenoxy) is 3. The Labute approximate surface area is 185 Å². The Morgan fingerprint density at radius 3 is 2.57 bits per heavy atom. The van der Waals surface area contributed by atoms with Crippen molar-refractivity contribution < 1.29 is 14.2 Å². The van der Waals surface area contributed by atoms with Gasteiger partial charge in [0.2, 0.25) is 5.72 Å². The highest BCUT2D eigenvalue weighted by molar-refractivity contribution is 9.10.